The van der Waals surface area contributed by atoms with Crippen LogP contribution in [-0.4, -0.2) is 32.1 Å². The summed E-state index contributed by atoms with van der Waals surface area (Å²) in [7, 11) is 0. The highest BCUT2D eigenvalue weighted by molar-refractivity contribution is 14.1. The second-order valence-electron chi connectivity index (χ2n) is 4.25. The molecular weight excluding hydrogens is 432 g/mol. The topological polar surface area (TPSA) is 90.9 Å². The SMILES string of the molecule is O=C(O)C=CN1NOCC1(I)C(=O)Nc1ccc(F)c(Cl)c1. The summed E-state index contributed by atoms with van der Waals surface area (Å²) in [6, 6.07) is 3.76. The number of rotatable bonds is 4. The number of anilines is 1. The molecule has 0 bridgehead atoms. The van der Waals surface area contributed by atoms with Gasteiger partial charge in [0.1, 0.15) is 12.4 Å². The first-order valence-corrected chi connectivity index (χ1v) is 7.32. The Labute approximate surface area is 143 Å². The van der Waals surface area contributed by atoms with Crippen LogP contribution in [0.15, 0.2) is 30.5 Å². The third-order valence-electron chi connectivity index (χ3n) is 2.70. The predicted molar refractivity (Wildman–Crippen MR) is 84.5 cm³/mol. The summed E-state index contributed by atoms with van der Waals surface area (Å²) < 4.78 is 11.9. The van der Waals surface area contributed by atoms with Crippen LogP contribution in [0.1, 0.15) is 0 Å². The zero-order valence-corrected chi connectivity index (χ0v) is 13.8. The third kappa shape index (κ3) is 3.66. The smallest absolute Gasteiger partial charge is 0.329 e. The van der Waals surface area contributed by atoms with Crippen LogP contribution in [0.4, 0.5) is 10.1 Å². The van der Waals surface area contributed by atoms with Gasteiger partial charge in [0, 0.05) is 18.0 Å². The van der Waals surface area contributed by atoms with Gasteiger partial charge in [0.15, 0.2) is 0 Å². The average Bonchev–Trinajstić information content (AvgIpc) is 2.83. The molecule has 1 aliphatic heterocycles. The molecule has 1 heterocycles. The fraction of sp³-hybridized carbons (Fsp3) is 0.167. The normalized spacial score (nSPS) is 21.3. The standard InChI is InChI=1S/C12H10ClFIN3O4/c13-8-5-7(1-2-9(8)14)16-11(21)12(15)6-22-17-18(12)4-3-10(19)20/h1-5,17H,6H2,(H,16,21)(H,19,20). The first kappa shape index (κ1) is 16.9. The van der Waals surface area contributed by atoms with Crippen molar-refractivity contribution < 1.29 is 23.9 Å². The van der Waals surface area contributed by atoms with Gasteiger partial charge in [-0.05, 0) is 40.8 Å². The lowest BCUT2D eigenvalue weighted by Gasteiger charge is -2.27. The zero-order chi connectivity index (χ0) is 16.3. The molecule has 1 fully saturated rings. The number of nitrogens with one attached hydrogen (secondary N) is 2. The third-order valence-corrected chi connectivity index (χ3v) is 4.31. The number of carbonyl (C=O) groups is 2. The lowest BCUT2D eigenvalue weighted by molar-refractivity contribution is -0.131. The Morgan fingerprint density at radius 3 is 2.95 bits per heavy atom. The van der Waals surface area contributed by atoms with Crippen molar-refractivity contribution in [2.24, 2.45) is 0 Å². The molecule has 0 aliphatic carbocycles. The summed E-state index contributed by atoms with van der Waals surface area (Å²) in [5.41, 5.74) is 2.73. The van der Waals surface area contributed by atoms with Gasteiger partial charge in [-0.3, -0.25) is 14.6 Å². The Morgan fingerprint density at radius 1 is 1.59 bits per heavy atom. The number of nitrogens with zero attached hydrogens (tertiary/aromatic N) is 1. The molecule has 1 atom stereocenters. The Balaban J connectivity index is 2.15. The van der Waals surface area contributed by atoms with E-state index in [-0.39, 0.29) is 11.6 Å². The van der Waals surface area contributed by atoms with E-state index in [1.165, 1.54) is 23.3 Å². The van der Waals surface area contributed by atoms with E-state index in [9.17, 15) is 14.0 Å². The van der Waals surface area contributed by atoms with Crippen molar-refractivity contribution >= 4 is 51.8 Å². The molecule has 7 nitrogen and oxygen atoms in total. The van der Waals surface area contributed by atoms with Crippen molar-refractivity contribution in [2.75, 3.05) is 11.9 Å². The summed E-state index contributed by atoms with van der Waals surface area (Å²) in [5, 5.41) is 12.3. The number of benzene rings is 1. The molecule has 118 valence electrons. The number of alkyl halides is 1. The van der Waals surface area contributed by atoms with E-state index >= 15 is 0 Å². The van der Waals surface area contributed by atoms with Crippen LogP contribution >= 0.6 is 34.2 Å². The zero-order valence-electron chi connectivity index (χ0n) is 10.8. The van der Waals surface area contributed by atoms with E-state index in [4.69, 9.17) is 21.5 Å². The summed E-state index contributed by atoms with van der Waals surface area (Å²) in [6.45, 7) is -0.0295. The van der Waals surface area contributed by atoms with Crippen LogP contribution in [-0.2, 0) is 14.4 Å². The summed E-state index contributed by atoms with van der Waals surface area (Å²) in [6.07, 6.45) is 2.02. The van der Waals surface area contributed by atoms with Gasteiger partial charge in [0.05, 0.1) is 5.02 Å². The van der Waals surface area contributed by atoms with E-state index in [0.29, 0.717) is 5.69 Å². The second-order valence-corrected chi connectivity index (χ2v) is 6.44. The molecule has 0 aromatic heterocycles. The van der Waals surface area contributed by atoms with Crippen molar-refractivity contribution in [1.29, 1.82) is 0 Å². The van der Waals surface area contributed by atoms with Crippen LogP contribution in [0, 0.1) is 5.82 Å². The van der Waals surface area contributed by atoms with Crippen LogP contribution < -0.4 is 10.9 Å². The Morgan fingerprint density at radius 2 is 2.32 bits per heavy atom. The van der Waals surface area contributed by atoms with E-state index in [1.54, 1.807) is 0 Å². The molecule has 0 saturated carbocycles. The average molecular weight is 442 g/mol. The monoisotopic (exact) mass is 441 g/mol. The number of hydrazine groups is 1. The molecule has 10 heteroatoms. The quantitative estimate of drug-likeness (QED) is 0.286. The van der Waals surface area contributed by atoms with Crippen LogP contribution in [0.3, 0.4) is 0 Å². The molecule has 22 heavy (non-hydrogen) atoms. The maximum atomic E-state index is 13.1. The molecule has 1 aromatic rings. The lowest BCUT2D eigenvalue weighted by atomic mass is 10.2. The predicted octanol–water partition coefficient (Wildman–Crippen LogP) is 1.90. The minimum Gasteiger partial charge on any atom is -0.478 e. The van der Waals surface area contributed by atoms with Gasteiger partial charge in [-0.15, -0.1) is 5.59 Å². The maximum Gasteiger partial charge on any atom is 0.329 e. The number of aliphatic carboxylic acids is 1. The van der Waals surface area contributed by atoms with E-state index in [0.717, 1.165) is 12.1 Å². The molecule has 1 aliphatic rings. The minimum atomic E-state index is -1.22. The molecule has 2 rings (SSSR count). The molecule has 3 N–H and O–H groups in total. The molecule has 0 radical (unpaired) electrons. The van der Waals surface area contributed by atoms with Gasteiger partial charge in [-0.2, -0.15) is 0 Å². The van der Waals surface area contributed by atoms with Crippen molar-refractivity contribution in [2.45, 2.75) is 3.55 Å². The fourth-order valence-corrected chi connectivity index (χ4v) is 2.33. The highest BCUT2D eigenvalue weighted by Crippen LogP contribution is 2.30. The largest absolute Gasteiger partial charge is 0.478 e. The summed E-state index contributed by atoms with van der Waals surface area (Å²) >= 11 is 7.47. The van der Waals surface area contributed by atoms with E-state index < -0.39 is 21.2 Å². The Hall–Kier alpha value is -1.43. The second kappa shape index (κ2) is 6.77. The fourth-order valence-electron chi connectivity index (χ4n) is 1.60. The highest BCUT2D eigenvalue weighted by atomic mass is 127. The van der Waals surface area contributed by atoms with Crippen molar-refractivity contribution in [3.8, 4) is 0 Å². The van der Waals surface area contributed by atoms with Crippen molar-refractivity contribution in [3.05, 3.63) is 41.3 Å². The molecule has 1 aromatic carbocycles. The first-order chi connectivity index (χ1) is 10.3. The molecule has 0 spiro atoms. The Bertz CT molecular complexity index is 645. The van der Waals surface area contributed by atoms with Gasteiger partial charge in [-0.25, -0.2) is 9.18 Å². The van der Waals surface area contributed by atoms with Gasteiger partial charge in [0.2, 0.25) is 3.55 Å². The molecule has 1 saturated heterocycles. The van der Waals surface area contributed by atoms with Crippen molar-refractivity contribution in [1.82, 2.24) is 10.6 Å². The number of carboxylic acid groups (broad SMARTS) is 1. The van der Waals surface area contributed by atoms with Gasteiger partial charge in [0.25, 0.3) is 5.91 Å². The number of halogens is 3. The number of hydrogen-bond acceptors (Lipinski definition) is 5. The first-order valence-electron chi connectivity index (χ1n) is 5.86. The van der Waals surface area contributed by atoms with Crippen LogP contribution in [0.5, 0.6) is 0 Å². The number of hydrogen-bond donors (Lipinski definition) is 3. The minimum absolute atomic E-state index is 0.0295. The van der Waals surface area contributed by atoms with Gasteiger partial charge < -0.3 is 10.4 Å². The number of carbonyl (C=O) groups excluding carboxylic acids is 1. The van der Waals surface area contributed by atoms with Gasteiger partial charge in [-0.1, -0.05) is 11.6 Å². The van der Waals surface area contributed by atoms with E-state index in [1.807, 2.05) is 22.6 Å². The number of carboxylic acids is 1. The number of amides is 1. The summed E-state index contributed by atoms with van der Waals surface area (Å²) in [4.78, 5) is 27.9. The van der Waals surface area contributed by atoms with Crippen LogP contribution in [0.25, 0.3) is 0 Å². The lowest BCUT2D eigenvalue weighted by Crippen LogP contribution is -2.50. The Kier molecular flexibility index (Phi) is 5.21. The molecule has 1 amide bonds. The van der Waals surface area contributed by atoms with E-state index in [2.05, 4.69) is 10.9 Å². The van der Waals surface area contributed by atoms with Crippen LogP contribution in [0.2, 0.25) is 5.02 Å². The van der Waals surface area contributed by atoms with Gasteiger partial charge >= 0.3 is 5.97 Å². The maximum absolute atomic E-state index is 13.1. The molecule has 1 unspecified atom stereocenters. The summed E-state index contributed by atoms with van der Waals surface area (Å²) in [5.74, 6) is -2.25. The van der Waals surface area contributed by atoms with Crippen molar-refractivity contribution in [3.63, 3.8) is 0 Å². The highest BCUT2D eigenvalue weighted by Gasteiger charge is 2.46. The molecular formula is C12H10ClFIN3O4.